The van der Waals surface area contributed by atoms with Gasteiger partial charge in [-0.3, -0.25) is 0 Å². The van der Waals surface area contributed by atoms with E-state index in [1.165, 1.54) is 4.88 Å². The van der Waals surface area contributed by atoms with E-state index < -0.39 is 6.10 Å². The third kappa shape index (κ3) is 4.21. The highest BCUT2D eigenvalue weighted by Gasteiger charge is 2.24. The maximum absolute atomic E-state index is 11.8. The second kappa shape index (κ2) is 6.91. The summed E-state index contributed by atoms with van der Waals surface area (Å²) in [5.41, 5.74) is 0. The molecule has 2 rings (SSSR count). The van der Waals surface area contributed by atoms with Gasteiger partial charge in [-0.25, -0.2) is 4.79 Å². The number of rotatable bonds is 4. The summed E-state index contributed by atoms with van der Waals surface area (Å²) in [5, 5.41) is 17.6. The van der Waals surface area contributed by atoms with Crippen molar-refractivity contribution in [3.63, 3.8) is 0 Å². The van der Waals surface area contributed by atoms with E-state index in [4.69, 9.17) is 0 Å². The molecule has 0 aromatic carbocycles. The molecule has 4 nitrogen and oxygen atoms in total. The van der Waals surface area contributed by atoms with Crippen LogP contribution in [0.5, 0.6) is 0 Å². The molecule has 2 amide bonds. The molecular formula is C14H22N2O2S. The van der Waals surface area contributed by atoms with Crippen molar-refractivity contribution in [1.29, 1.82) is 0 Å². The molecule has 0 saturated heterocycles. The molecule has 1 aliphatic carbocycles. The van der Waals surface area contributed by atoms with Crippen molar-refractivity contribution in [2.75, 3.05) is 6.54 Å². The largest absolute Gasteiger partial charge is 0.391 e. The summed E-state index contributed by atoms with van der Waals surface area (Å²) in [7, 11) is 0. The molecule has 5 heteroatoms. The number of aliphatic hydroxyl groups is 1. The molecular weight excluding hydrogens is 260 g/mol. The molecule has 1 aliphatic rings. The van der Waals surface area contributed by atoms with Crippen LogP contribution in [0.1, 0.15) is 43.4 Å². The van der Waals surface area contributed by atoms with Crippen molar-refractivity contribution in [2.24, 2.45) is 0 Å². The summed E-state index contributed by atoms with van der Waals surface area (Å²) in [6.07, 6.45) is 3.39. The average molecular weight is 282 g/mol. The van der Waals surface area contributed by atoms with E-state index in [1.807, 2.05) is 11.4 Å². The fourth-order valence-corrected chi connectivity index (χ4v) is 3.20. The van der Waals surface area contributed by atoms with E-state index in [-0.39, 0.29) is 12.1 Å². The molecule has 0 aliphatic heterocycles. The highest BCUT2D eigenvalue weighted by atomic mass is 32.1. The molecule has 3 N–H and O–H groups in total. The van der Waals surface area contributed by atoms with Crippen molar-refractivity contribution >= 4 is 17.4 Å². The van der Waals surface area contributed by atoms with Crippen LogP contribution in [0.4, 0.5) is 4.79 Å². The summed E-state index contributed by atoms with van der Waals surface area (Å²) in [5.74, 6) is 0.321. The first kappa shape index (κ1) is 14.3. The van der Waals surface area contributed by atoms with Gasteiger partial charge >= 0.3 is 6.03 Å². The Labute approximate surface area is 118 Å². The lowest BCUT2D eigenvalue weighted by molar-refractivity contribution is 0.0943. The second-order valence-corrected chi connectivity index (χ2v) is 6.21. The van der Waals surface area contributed by atoms with Gasteiger partial charge in [-0.2, -0.15) is 0 Å². The average Bonchev–Trinajstić information content (AvgIpc) is 2.93. The van der Waals surface area contributed by atoms with Gasteiger partial charge in [0.25, 0.3) is 0 Å². The SMILES string of the molecule is CC(CNC(=O)NC1CCCCC1O)c1cccs1. The number of amides is 2. The molecule has 3 atom stereocenters. The monoisotopic (exact) mass is 282 g/mol. The van der Waals surface area contributed by atoms with Gasteiger partial charge in [-0.15, -0.1) is 11.3 Å². The first-order valence-electron chi connectivity index (χ1n) is 6.92. The molecule has 19 heavy (non-hydrogen) atoms. The summed E-state index contributed by atoms with van der Waals surface area (Å²) < 4.78 is 0. The summed E-state index contributed by atoms with van der Waals surface area (Å²) in [6, 6.07) is 3.84. The predicted octanol–water partition coefficient (Wildman–Crippen LogP) is 2.45. The van der Waals surface area contributed by atoms with Crippen LogP contribution in [0.2, 0.25) is 0 Å². The van der Waals surface area contributed by atoms with Gasteiger partial charge in [0.1, 0.15) is 0 Å². The Hall–Kier alpha value is -1.07. The molecule has 0 radical (unpaired) electrons. The molecule has 1 aromatic heterocycles. The van der Waals surface area contributed by atoms with E-state index in [0.29, 0.717) is 12.5 Å². The fraction of sp³-hybridized carbons (Fsp3) is 0.643. The molecule has 1 fully saturated rings. The van der Waals surface area contributed by atoms with Gasteiger partial charge in [0.2, 0.25) is 0 Å². The minimum absolute atomic E-state index is 0.0919. The van der Waals surface area contributed by atoms with Crippen molar-refractivity contribution < 1.29 is 9.90 Å². The highest BCUT2D eigenvalue weighted by Crippen LogP contribution is 2.20. The van der Waals surface area contributed by atoms with Gasteiger partial charge in [-0.05, 0) is 24.3 Å². The predicted molar refractivity (Wildman–Crippen MR) is 77.5 cm³/mol. The highest BCUT2D eigenvalue weighted by molar-refractivity contribution is 7.10. The second-order valence-electron chi connectivity index (χ2n) is 5.23. The number of carbonyl (C=O) groups is 1. The Balaban J connectivity index is 1.72. The van der Waals surface area contributed by atoms with Crippen LogP contribution in [0, 0.1) is 0 Å². The maximum atomic E-state index is 11.8. The minimum atomic E-state index is -0.394. The molecule has 1 heterocycles. The van der Waals surface area contributed by atoms with Gasteiger partial charge in [-0.1, -0.05) is 25.8 Å². The lowest BCUT2D eigenvalue weighted by atomic mass is 9.93. The Kier molecular flexibility index (Phi) is 5.22. The third-order valence-electron chi connectivity index (χ3n) is 3.64. The standard InChI is InChI=1S/C14H22N2O2S/c1-10(13-7-4-8-19-13)9-15-14(18)16-11-5-2-3-6-12(11)17/h4,7-8,10-12,17H,2-3,5-6,9H2,1H3,(H2,15,16,18). The van der Waals surface area contributed by atoms with Crippen LogP contribution >= 0.6 is 11.3 Å². The molecule has 0 spiro atoms. The Morgan fingerprint density at radius 2 is 2.32 bits per heavy atom. The van der Waals surface area contributed by atoms with Crippen molar-refractivity contribution in [3.8, 4) is 0 Å². The van der Waals surface area contributed by atoms with Crippen LogP contribution in [-0.2, 0) is 0 Å². The minimum Gasteiger partial charge on any atom is -0.391 e. The van der Waals surface area contributed by atoms with Crippen LogP contribution in [0.15, 0.2) is 17.5 Å². The molecule has 0 bridgehead atoms. The third-order valence-corrected chi connectivity index (χ3v) is 4.75. The van der Waals surface area contributed by atoms with E-state index in [9.17, 15) is 9.90 Å². The fourth-order valence-electron chi connectivity index (χ4n) is 2.42. The van der Waals surface area contributed by atoms with Gasteiger partial charge in [0, 0.05) is 17.3 Å². The van der Waals surface area contributed by atoms with Crippen LogP contribution in [0.25, 0.3) is 0 Å². The Morgan fingerprint density at radius 3 is 3.00 bits per heavy atom. The quantitative estimate of drug-likeness (QED) is 0.794. The molecule has 1 saturated carbocycles. The van der Waals surface area contributed by atoms with E-state index in [0.717, 1.165) is 25.7 Å². The van der Waals surface area contributed by atoms with E-state index in [2.05, 4.69) is 23.6 Å². The number of aliphatic hydroxyl groups excluding tert-OH is 1. The number of nitrogens with one attached hydrogen (secondary N) is 2. The van der Waals surface area contributed by atoms with Gasteiger partial charge in [0.15, 0.2) is 0 Å². The lowest BCUT2D eigenvalue weighted by Gasteiger charge is -2.28. The van der Waals surface area contributed by atoms with Crippen molar-refractivity contribution in [1.82, 2.24) is 10.6 Å². The van der Waals surface area contributed by atoms with Crippen LogP contribution < -0.4 is 10.6 Å². The summed E-state index contributed by atoms with van der Waals surface area (Å²) >= 11 is 1.71. The first-order chi connectivity index (χ1) is 9.16. The smallest absolute Gasteiger partial charge is 0.315 e. The van der Waals surface area contributed by atoms with Crippen molar-refractivity contribution in [3.05, 3.63) is 22.4 Å². The van der Waals surface area contributed by atoms with Crippen LogP contribution in [-0.4, -0.2) is 29.8 Å². The summed E-state index contributed by atoms with van der Waals surface area (Å²) in [4.78, 5) is 13.1. The Morgan fingerprint density at radius 1 is 1.53 bits per heavy atom. The number of thiophene rings is 1. The molecule has 3 unspecified atom stereocenters. The zero-order valence-corrected chi connectivity index (χ0v) is 12.1. The van der Waals surface area contributed by atoms with Gasteiger partial charge in [0.05, 0.1) is 12.1 Å². The zero-order chi connectivity index (χ0) is 13.7. The summed E-state index contributed by atoms with van der Waals surface area (Å²) in [6.45, 7) is 2.72. The lowest BCUT2D eigenvalue weighted by Crippen LogP contribution is -2.49. The number of carbonyl (C=O) groups excluding carboxylic acids is 1. The number of urea groups is 1. The number of hydrogen-bond acceptors (Lipinski definition) is 3. The van der Waals surface area contributed by atoms with Crippen LogP contribution in [0.3, 0.4) is 0 Å². The van der Waals surface area contributed by atoms with E-state index >= 15 is 0 Å². The van der Waals surface area contributed by atoms with Crippen molar-refractivity contribution in [2.45, 2.75) is 50.7 Å². The first-order valence-corrected chi connectivity index (χ1v) is 7.80. The van der Waals surface area contributed by atoms with Gasteiger partial charge < -0.3 is 15.7 Å². The van der Waals surface area contributed by atoms with E-state index in [1.54, 1.807) is 11.3 Å². The molecule has 1 aromatic rings. The maximum Gasteiger partial charge on any atom is 0.315 e. The Bertz CT molecular complexity index is 394. The molecule has 106 valence electrons. The number of hydrogen-bond donors (Lipinski definition) is 3. The normalized spacial score (nSPS) is 24.7. The topological polar surface area (TPSA) is 61.4 Å². The zero-order valence-electron chi connectivity index (χ0n) is 11.3.